The quantitative estimate of drug-likeness (QED) is 0.929. The average molecular weight is 320 g/mol. The zero-order valence-corrected chi connectivity index (χ0v) is 13.1. The van der Waals surface area contributed by atoms with Crippen LogP contribution in [0.3, 0.4) is 0 Å². The normalized spacial score (nSPS) is 13.7. The van der Waals surface area contributed by atoms with Crippen LogP contribution in [0.1, 0.15) is 22.6 Å². The van der Waals surface area contributed by atoms with Gasteiger partial charge in [-0.25, -0.2) is 14.8 Å². The summed E-state index contributed by atoms with van der Waals surface area (Å²) in [5.74, 6) is 0.486. The van der Waals surface area contributed by atoms with Crippen molar-refractivity contribution in [1.82, 2.24) is 9.97 Å². The number of carboxylic acids is 1. The Morgan fingerprint density at radius 3 is 2.67 bits per heavy atom. The van der Waals surface area contributed by atoms with Crippen molar-refractivity contribution in [2.24, 2.45) is 0 Å². The third-order valence-electron chi connectivity index (χ3n) is 3.67. The third-order valence-corrected chi connectivity index (χ3v) is 3.67. The Balaban J connectivity index is 1.92. The van der Waals surface area contributed by atoms with Crippen LogP contribution in [0.25, 0.3) is 16.8 Å². The number of rotatable bonds is 4. The van der Waals surface area contributed by atoms with Crippen LogP contribution in [0.2, 0.25) is 0 Å². The molecule has 0 bridgehead atoms. The van der Waals surface area contributed by atoms with Crippen LogP contribution in [0.4, 0.5) is 0 Å². The summed E-state index contributed by atoms with van der Waals surface area (Å²) in [5, 5.41) is 8.97. The van der Waals surface area contributed by atoms with Gasteiger partial charge in [-0.3, -0.25) is 0 Å². The molecule has 120 valence electrons. The number of nitrogens with zero attached hydrogens (tertiary/aromatic N) is 2. The van der Waals surface area contributed by atoms with E-state index in [-0.39, 0.29) is 5.56 Å². The smallest absolute Gasteiger partial charge is 0.335 e. The summed E-state index contributed by atoms with van der Waals surface area (Å²) in [6.45, 7) is 0. The van der Waals surface area contributed by atoms with Crippen molar-refractivity contribution in [2.45, 2.75) is 6.42 Å². The molecule has 0 saturated carbocycles. The first-order chi connectivity index (χ1) is 11.7. The molecule has 1 N–H and O–H groups in total. The maximum absolute atomic E-state index is 10.9. The van der Waals surface area contributed by atoms with Crippen LogP contribution in [0.15, 0.2) is 66.6 Å². The number of methoxy groups -OCH3 is 1. The molecule has 0 radical (unpaired) electrons. The van der Waals surface area contributed by atoms with Gasteiger partial charge in [-0.15, -0.1) is 0 Å². The summed E-state index contributed by atoms with van der Waals surface area (Å²) < 4.78 is 5.22. The lowest BCUT2D eigenvalue weighted by atomic mass is 10.1. The second-order valence-corrected chi connectivity index (χ2v) is 5.22. The standard InChI is InChI=1S/C19H16N2O3/c1-24-16-4-2-3-14(9-10-16)18-20-12-11-17(21-18)13-5-7-15(8-6-13)19(22)23/h2,4-12H,3H2,1H3,(H,22,23). The van der Waals surface area contributed by atoms with Crippen LogP contribution in [0, 0.1) is 0 Å². The molecule has 3 rings (SSSR count). The van der Waals surface area contributed by atoms with E-state index in [1.54, 1.807) is 37.6 Å². The van der Waals surface area contributed by atoms with Crippen LogP contribution in [-0.4, -0.2) is 28.2 Å². The fourth-order valence-corrected chi connectivity index (χ4v) is 2.37. The van der Waals surface area contributed by atoms with Crippen LogP contribution >= 0.6 is 0 Å². The van der Waals surface area contributed by atoms with Gasteiger partial charge in [-0.2, -0.15) is 0 Å². The molecule has 24 heavy (non-hydrogen) atoms. The highest BCUT2D eigenvalue weighted by Crippen LogP contribution is 2.23. The molecule has 0 fully saturated rings. The molecular formula is C19H16N2O3. The highest BCUT2D eigenvalue weighted by Gasteiger charge is 2.09. The molecule has 5 heteroatoms. The van der Waals surface area contributed by atoms with Gasteiger partial charge < -0.3 is 9.84 Å². The van der Waals surface area contributed by atoms with Crippen LogP contribution < -0.4 is 0 Å². The van der Waals surface area contributed by atoms with Gasteiger partial charge >= 0.3 is 5.97 Å². The minimum absolute atomic E-state index is 0.252. The van der Waals surface area contributed by atoms with Gasteiger partial charge in [-0.05, 0) is 36.8 Å². The highest BCUT2D eigenvalue weighted by atomic mass is 16.5. The number of ether oxygens (including phenoxy) is 1. The van der Waals surface area contributed by atoms with Crippen molar-refractivity contribution in [3.63, 3.8) is 0 Å². The lowest BCUT2D eigenvalue weighted by molar-refractivity contribution is 0.0697. The molecule has 1 aliphatic rings. The number of allylic oxidation sites excluding steroid dienone is 5. The molecule has 1 aliphatic carbocycles. The summed E-state index contributed by atoms with van der Waals surface area (Å²) in [4.78, 5) is 19.9. The van der Waals surface area contributed by atoms with Gasteiger partial charge in [0.05, 0.1) is 18.4 Å². The molecular weight excluding hydrogens is 304 g/mol. The van der Waals surface area contributed by atoms with Crippen molar-refractivity contribution < 1.29 is 14.6 Å². The largest absolute Gasteiger partial charge is 0.497 e. The number of aromatic nitrogens is 2. The van der Waals surface area contributed by atoms with E-state index in [1.165, 1.54) is 0 Å². The highest BCUT2D eigenvalue weighted by molar-refractivity contribution is 5.88. The van der Waals surface area contributed by atoms with E-state index in [9.17, 15) is 4.79 Å². The average Bonchev–Trinajstić information content (AvgIpc) is 2.87. The van der Waals surface area contributed by atoms with Gasteiger partial charge in [0.2, 0.25) is 0 Å². The first-order valence-corrected chi connectivity index (χ1v) is 7.46. The first kappa shape index (κ1) is 15.7. The number of aromatic carboxylic acids is 1. The zero-order chi connectivity index (χ0) is 16.9. The Morgan fingerprint density at radius 2 is 1.96 bits per heavy atom. The maximum Gasteiger partial charge on any atom is 0.335 e. The Morgan fingerprint density at radius 1 is 1.17 bits per heavy atom. The van der Waals surface area contributed by atoms with Crippen LogP contribution in [-0.2, 0) is 4.74 Å². The van der Waals surface area contributed by atoms with E-state index < -0.39 is 5.97 Å². The van der Waals surface area contributed by atoms with Crippen molar-refractivity contribution >= 4 is 11.5 Å². The number of hydrogen-bond acceptors (Lipinski definition) is 4. The molecule has 1 aromatic heterocycles. The number of hydrogen-bond donors (Lipinski definition) is 1. The maximum atomic E-state index is 10.9. The minimum Gasteiger partial charge on any atom is -0.497 e. The van der Waals surface area contributed by atoms with E-state index in [1.807, 2.05) is 30.4 Å². The van der Waals surface area contributed by atoms with Gasteiger partial charge in [0.1, 0.15) is 5.76 Å². The molecule has 0 atom stereocenters. The van der Waals surface area contributed by atoms with E-state index in [2.05, 4.69) is 9.97 Å². The molecule has 1 heterocycles. The summed E-state index contributed by atoms with van der Waals surface area (Å²) in [5.41, 5.74) is 2.84. The summed E-state index contributed by atoms with van der Waals surface area (Å²) in [7, 11) is 1.63. The minimum atomic E-state index is -0.943. The lowest BCUT2D eigenvalue weighted by Gasteiger charge is -2.06. The molecule has 0 unspecified atom stereocenters. The second-order valence-electron chi connectivity index (χ2n) is 5.22. The van der Waals surface area contributed by atoms with Crippen molar-refractivity contribution in [1.29, 1.82) is 0 Å². The Labute approximate surface area is 139 Å². The third kappa shape index (κ3) is 3.41. The second kappa shape index (κ2) is 6.91. The molecule has 1 aromatic carbocycles. The first-order valence-electron chi connectivity index (χ1n) is 7.46. The van der Waals surface area contributed by atoms with Crippen molar-refractivity contribution in [3.05, 3.63) is 78.0 Å². The van der Waals surface area contributed by atoms with Gasteiger partial charge in [0.15, 0.2) is 5.82 Å². The number of benzene rings is 1. The van der Waals surface area contributed by atoms with Crippen LogP contribution in [0.5, 0.6) is 0 Å². The van der Waals surface area contributed by atoms with Crippen molar-refractivity contribution in [3.8, 4) is 11.3 Å². The van der Waals surface area contributed by atoms with Crippen molar-refractivity contribution in [2.75, 3.05) is 7.11 Å². The van der Waals surface area contributed by atoms with E-state index in [0.717, 1.165) is 22.6 Å². The van der Waals surface area contributed by atoms with Gasteiger partial charge in [0.25, 0.3) is 0 Å². The SMILES string of the molecule is COC1=CC=C(c2nccc(-c3ccc(C(=O)O)cc3)n2)CC=C1. The lowest BCUT2D eigenvalue weighted by Crippen LogP contribution is -1.97. The summed E-state index contributed by atoms with van der Waals surface area (Å²) in [6.07, 6.45) is 10.2. The Bertz CT molecular complexity index is 849. The number of carbonyl (C=O) groups is 1. The summed E-state index contributed by atoms with van der Waals surface area (Å²) >= 11 is 0. The molecule has 0 aliphatic heterocycles. The van der Waals surface area contributed by atoms with Gasteiger partial charge in [-0.1, -0.05) is 24.3 Å². The Hall–Kier alpha value is -3.21. The predicted octanol–water partition coefficient (Wildman–Crippen LogP) is 3.72. The molecule has 2 aromatic rings. The van der Waals surface area contributed by atoms with Gasteiger partial charge in [0, 0.05) is 17.3 Å². The zero-order valence-electron chi connectivity index (χ0n) is 13.1. The van der Waals surface area contributed by atoms with E-state index in [0.29, 0.717) is 12.2 Å². The molecule has 0 spiro atoms. The van der Waals surface area contributed by atoms with E-state index >= 15 is 0 Å². The predicted molar refractivity (Wildman–Crippen MR) is 91.3 cm³/mol. The molecule has 0 amide bonds. The summed E-state index contributed by atoms with van der Waals surface area (Å²) in [6, 6.07) is 8.45. The molecule has 0 saturated heterocycles. The van der Waals surface area contributed by atoms with E-state index in [4.69, 9.17) is 9.84 Å². The topological polar surface area (TPSA) is 72.3 Å². The fourth-order valence-electron chi connectivity index (χ4n) is 2.37. The monoisotopic (exact) mass is 320 g/mol. The molecule has 5 nitrogen and oxygen atoms in total. The Kier molecular flexibility index (Phi) is 4.52. The fraction of sp³-hybridized carbons (Fsp3) is 0.105. The number of carboxylic acid groups (broad SMARTS) is 1.